The van der Waals surface area contributed by atoms with Crippen LogP contribution in [0.1, 0.15) is 23.1 Å². The molecule has 2 aromatic rings. The summed E-state index contributed by atoms with van der Waals surface area (Å²) >= 11 is 2.64. The van der Waals surface area contributed by atoms with Crippen LogP contribution in [0, 0.1) is 0 Å². The summed E-state index contributed by atoms with van der Waals surface area (Å²) in [5, 5.41) is 0. The molecule has 0 saturated heterocycles. The van der Waals surface area contributed by atoms with Crippen molar-refractivity contribution in [1.82, 2.24) is 9.36 Å². The molecule has 0 aliphatic carbocycles. The first-order chi connectivity index (χ1) is 9.15. The third kappa shape index (κ3) is 3.05. The fourth-order valence-electron chi connectivity index (χ4n) is 1.45. The first-order valence-corrected chi connectivity index (χ1v) is 7.22. The van der Waals surface area contributed by atoms with Crippen LogP contribution in [0.25, 0.3) is 0 Å². The molecule has 0 bridgehead atoms. The summed E-state index contributed by atoms with van der Waals surface area (Å²) in [6.07, 6.45) is 0.783. The number of nitrogen functional groups attached to an aromatic ring is 1. The number of hydrogen-bond acceptors (Lipinski definition) is 7. The number of ether oxygens (including phenoxy) is 1. The van der Waals surface area contributed by atoms with Crippen molar-refractivity contribution < 1.29 is 9.53 Å². The molecule has 1 heterocycles. The Balaban J connectivity index is 2.35. The van der Waals surface area contributed by atoms with Crippen LogP contribution in [0.2, 0.25) is 0 Å². The van der Waals surface area contributed by atoms with Crippen LogP contribution >= 0.6 is 23.3 Å². The maximum atomic E-state index is 11.7. The number of aromatic nitrogens is 2. The summed E-state index contributed by atoms with van der Waals surface area (Å²) in [5.41, 5.74) is 6.90. The average Bonchev–Trinajstić information content (AvgIpc) is 2.88. The molecule has 0 radical (unpaired) electrons. The van der Waals surface area contributed by atoms with Gasteiger partial charge in [-0.25, -0.2) is 9.78 Å². The zero-order valence-electron chi connectivity index (χ0n) is 10.5. The van der Waals surface area contributed by atoms with Gasteiger partial charge in [0.25, 0.3) is 0 Å². The molecule has 0 aliphatic heterocycles. The molecule has 7 heteroatoms. The van der Waals surface area contributed by atoms with E-state index in [0.29, 0.717) is 16.1 Å². The maximum Gasteiger partial charge on any atom is 0.339 e. The van der Waals surface area contributed by atoms with E-state index in [9.17, 15) is 4.79 Å². The number of aryl methyl sites for hydroxylation is 1. The van der Waals surface area contributed by atoms with Gasteiger partial charge >= 0.3 is 5.97 Å². The molecule has 2 N–H and O–H groups in total. The SMILES string of the molecule is CCc1nsc(Sc2c(N)cccc2C(=O)OC)n1. The second kappa shape index (κ2) is 6.03. The molecule has 19 heavy (non-hydrogen) atoms. The normalized spacial score (nSPS) is 10.4. The summed E-state index contributed by atoms with van der Waals surface area (Å²) in [7, 11) is 1.35. The second-order valence-corrected chi connectivity index (χ2v) is 5.66. The number of hydrogen-bond donors (Lipinski definition) is 1. The number of nitrogens with zero attached hydrogens (tertiary/aromatic N) is 2. The molecule has 1 aromatic heterocycles. The van der Waals surface area contributed by atoms with Crippen molar-refractivity contribution in [2.75, 3.05) is 12.8 Å². The van der Waals surface area contributed by atoms with Gasteiger partial charge in [-0.15, -0.1) is 0 Å². The zero-order chi connectivity index (χ0) is 13.8. The van der Waals surface area contributed by atoms with Crippen molar-refractivity contribution in [3.05, 3.63) is 29.6 Å². The zero-order valence-corrected chi connectivity index (χ0v) is 12.2. The Bertz CT molecular complexity index is 598. The Hall–Kier alpha value is -1.60. The van der Waals surface area contributed by atoms with Crippen molar-refractivity contribution in [3.63, 3.8) is 0 Å². The van der Waals surface area contributed by atoms with Gasteiger partial charge in [-0.2, -0.15) is 4.37 Å². The van der Waals surface area contributed by atoms with Gasteiger partial charge in [-0.1, -0.05) is 24.8 Å². The Morgan fingerprint density at radius 2 is 2.32 bits per heavy atom. The molecule has 0 atom stereocenters. The monoisotopic (exact) mass is 295 g/mol. The third-order valence-electron chi connectivity index (χ3n) is 2.41. The standard InChI is InChI=1S/C12H13N3O2S2/c1-3-9-14-12(19-15-9)18-10-7(11(16)17-2)5-4-6-8(10)13/h4-6H,3,13H2,1-2H3. The lowest BCUT2D eigenvalue weighted by atomic mass is 10.2. The van der Waals surface area contributed by atoms with Crippen molar-refractivity contribution in [2.45, 2.75) is 22.6 Å². The number of esters is 1. The smallest absolute Gasteiger partial charge is 0.339 e. The average molecular weight is 295 g/mol. The van der Waals surface area contributed by atoms with Gasteiger partial charge in [-0.05, 0) is 23.7 Å². The van der Waals surface area contributed by atoms with Crippen LogP contribution in [-0.2, 0) is 11.2 Å². The van der Waals surface area contributed by atoms with Gasteiger partial charge in [0.2, 0.25) is 0 Å². The Morgan fingerprint density at radius 1 is 1.53 bits per heavy atom. The van der Waals surface area contributed by atoms with Crippen molar-refractivity contribution in [3.8, 4) is 0 Å². The molecule has 0 unspecified atom stereocenters. The summed E-state index contributed by atoms with van der Waals surface area (Å²) in [5.74, 6) is 0.386. The predicted molar refractivity (Wildman–Crippen MR) is 75.6 cm³/mol. The molecular formula is C12H13N3O2S2. The number of methoxy groups -OCH3 is 1. The molecule has 5 nitrogen and oxygen atoms in total. The summed E-state index contributed by atoms with van der Waals surface area (Å²) < 4.78 is 9.73. The van der Waals surface area contributed by atoms with Crippen LogP contribution in [0.5, 0.6) is 0 Å². The first kappa shape index (κ1) is 13.8. The van der Waals surface area contributed by atoms with Crippen molar-refractivity contribution in [2.24, 2.45) is 0 Å². The first-order valence-electron chi connectivity index (χ1n) is 5.63. The molecule has 100 valence electrons. The van der Waals surface area contributed by atoms with E-state index < -0.39 is 5.97 Å². The minimum atomic E-state index is -0.407. The Morgan fingerprint density at radius 3 is 2.95 bits per heavy atom. The fourth-order valence-corrected chi connectivity index (χ4v) is 3.23. The van der Waals surface area contributed by atoms with Crippen LogP contribution in [0.3, 0.4) is 0 Å². The minimum absolute atomic E-state index is 0.407. The van der Waals surface area contributed by atoms with Gasteiger partial charge in [0.05, 0.1) is 17.6 Å². The maximum absolute atomic E-state index is 11.7. The highest BCUT2D eigenvalue weighted by molar-refractivity contribution is 8.01. The van der Waals surface area contributed by atoms with E-state index in [4.69, 9.17) is 10.5 Å². The molecule has 0 spiro atoms. The van der Waals surface area contributed by atoms with E-state index in [-0.39, 0.29) is 0 Å². The summed E-state index contributed by atoms with van der Waals surface area (Å²) in [4.78, 5) is 16.7. The number of carbonyl (C=O) groups is 1. The van der Waals surface area contributed by atoms with Gasteiger partial charge in [0.15, 0.2) is 4.34 Å². The molecule has 0 fully saturated rings. The van der Waals surface area contributed by atoms with Gasteiger partial charge in [0.1, 0.15) is 5.82 Å². The minimum Gasteiger partial charge on any atom is -0.465 e. The van der Waals surface area contributed by atoms with Crippen LogP contribution in [0.4, 0.5) is 5.69 Å². The molecule has 2 rings (SSSR count). The lowest BCUT2D eigenvalue weighted by Gasteiger charge is -2.08. The van der Waals surface area contributed by atoms with E-state index in [1.807, 2.05) is 6.92 Å². The summed E-state index contributed by atoms with van der Waals surface area (Å²) in [6.45, 7) is 1.99. The highest BCUT2D eigenvalue weighted by Crippen LogP contribution is 2.36. The molecule has 1 aromatic carbocycles. The number of anilines is 1. The number of carbonyl (C=O) groups excluding carboxylic acids is 1. The molecule has 0 saturated carbocycles. The second-order valence-electron chi connectivity index (χ2n) is 3.65. The quantitative estimate of drug-likeness (QED) is 0.690. The third-order valence-corrected chi connectivity index (χ3v) is 4.35. The lowest BCUT2D eigenvalue weighted by molar-refractivity contribution is 0.0597. The predicted octanol–water partition coefficient (Wildman–Crippen LogP) is 2.62. The highest BCUT2D eigenvalue weighted by Gasteiger charge is 2.17. The van der Waals surface area contributed by atoms with E-state index >= 15 is 0 Å². The fraction of sp³-hybridized carbons (Fsp3) is 0.250. The molecule has 0 amide bonds. The van der Waals surface area contributed by atoms with Crippen molar-refractivity contribution in [1.29, 1.82) is 0 Å². The van der Waals surface area contributed by atoms with Crippen molar-refractivity contribution >= 4 is 35.0 Å². The largest absolute Gasteiger partial charge is 0.465 e. The highest BCUT2D eigenvalue weighted by atomic mass is 32.2. The topological polar surface area (TPSA) is 78.1 Å². The number of benzene rings is 1. The number of nitrogens with two attached hydrogens (primary N) is 1. The molecule has 0 aliphatic rings. The molecular weight excluding hydrogens is 282 g/mol. The summed E-state index contributed by atoms with van der Waals surface area (Å²) in [6, 6.07) is 5.16. The van der Waals surface area contributed by atoms with E-state index in [0.717, 1.165) is 16.6 Å². The van der Waals surface area contributed by atoms with Crippen LogP contribution in [-0.4, -0.2) is 22.4 Å². The van der Waals surface area contributed by atoms with Crippen LogP contribution in [0.15, 0.2) is 27.4 Å². The lowest BCUT2D eigenvalue weighted by Crippen LogP contribution is -2.04. The van der Waals surface area contributed by atoms with E-state index in [1.165, 1.54) is 30.4 Å². The Kier molecular flexibility index (Phi) is 4.39. The van der Waals surface area contributed by atoms with Gasteiger partial charge in [0, 0.05) is 12.1 Å². The van der Waals surface area contributed by atoms with Crippen LogP contribution < -0.4 is 5.73 Å². The Labute approximate surface area is 119 Å². The van der Waals surface area contributed by atoms with E-state index in [1.54, 1.807) is 18.2 Å². The van der Waals surface area contributed by atoms with Gasteiger partial charge < -0.3 is 10.5 Å². The van der Waals surface area contributed by atoms with E-state index in [2.05, 4.69) is 9.36 Å². The number of rotatable bonds is 4. The van der Waals surface area contributed by atoms with Gasteiger partial charge in [-0.3, -0.25) is 0 Å².